The molecule has 4 rings (SSSR count). The maximum atomic E-state index is 13.3. The standard InChI is InChI=1S/C38H43N5O5/c1-27(36(45)41-25-30-17-20-32(21-18-30)35(39)43-38(47)48-26-31-12-6-3-7-13-31)42-37(46)34(22-19-28-10-4-2-5-11-28)40-23-9-15-29-14-8-16-33(44)24-29/h2-8,10-14,16-18,20-21,24,27,34,40,44H,9,15,19,22-23,25-26H2,1H3,(H,41,45)(H,42,46)(H2,39,43,47)/t27-,34+/m0/s1. The van der Waals surface area contributed by atoms with E-state index >= 15 is 0 Å². The van der Waals surface area contributed by atoms with Crippen molar-refractivity contribution in [3.63, 3.8) is 0 Å². The Morgan fingerprint density at radius 1 is 0.771 bits per heavy atom. The number of nitrogens with one attached hydrogen (secondary N) is 5. The van der Waals surface area contributed by atoms with Crippen molar-refractivity contribution in [3.05, 3.63) is 137 Å². The summed E-state index contributed by atoms with van der Waals surface area (Å²) in [4.78, 5) is 38.3. The second-order valence-corrected chi connectivity index (χ2v) is 11.5. The van der Waals surface area contributed by atoms with Crippen LogP contribution < -0.4 is 21.3 Å². The van der Waals surface area contributed by atoms with Crippen molar-refractivity contribution >= 4 is 23.7 Å². The van der Waals surface area contributed by atoms with Crippen LogP contribution in [0.25, 0.3) is 0 Å². The normalized spacial score (nSPS) is 11.9. The van der Waals surface area contributed by atoms with E-state index in [1.165, 1.54) is 0 Å². The van der Waals surface area contributed by atoms with Crippen LogP contribution in [0.2, 0.25) is 0 Å². The van der Waals surface area contributed by atoms with Gasteiger partial charge in [-0.05, 0) is 73.5 Å². The molecule has 10 heteroatoms. The molecule has 0 bridgehead atoms. The lowest BCUT2D eigenvalue weighted by atomic mass is 10.0. The molecule has 3 amide bonds. The molecule has 4 aromatic rings. The smallest absolute Gasteiger partial charge is 0.413 e. The van der Waals surface area contributed by atoms with Gasteiger partial charge in [0.1, 0.15) is 24.2 Å². The summed E-state index contributed by atoms with van der Waals surface area (Å²) in [5.74, 6) is -0.441. The molecule has 6 N–H and O–H groups in total. The first-order valence-corrected chi connectivity index (χ1v) is 16.1. The summed E-state index contributed by atoms with van der Waals surface area (Å²) in [6.07, 6.45) is 2.09. The molecule has 0 saturated heterocycles. The van der Waals surface area contributed by atoms with E-state index in [2.05, 4.69) is 21.3 Å². The van der Waals surface area contributed by atoms with Gasteiger partial charge in [0.2, 0.25) is 11.8 Å². The average molecular weight is 650 g/mol. The Morgan fingerprint density at radius 3 is 2.12 bits per heavy atom. The van der Waals surface area contributed by atoms with Crippen LogP contribution in [0, 0.1) is 5.41 Å². The summed E-state index contributed by atoms with van der Waals surface area (Å²) >= 11 is 0. The molecule has 2 atom stereocenters. The number of phenols is 1. The summed E-state index contributed by atoms with van der Waals surface area (Å²) in [7, 11) is 0. The number of rotatable bonds is 16. The van der Waals surface area contributed by atoms with E-state index in [0.29, 0.717) is 24.9 Å². The van der Waals surface area contributed by atoms with Crippen LogP contribution >= 0.6 is 0 Å². The summed E-state index contributed by atoms with van der Waals surface area (Å²) in [5.41, 5.74) is 4.27. The predicted octanol–water partition coefficient (Wildman–Crippen LogP) is 4.99. The molecule has 0 fully saturated rings. The fraction of sp³-hybridized carbons (Fsp3) is 0.263. The maximum absolute atomic E-state index is 13.3. The molecule has 0 aromatic heterocycles. The summed E-state index contributed by atoms with van der Waals surface area (Å²) in [6, 6.07) is 32.0. The van der Waals surface area contributed by atoms with Crippen LogP contribution in [0.4, 0.5) is 4.79 Å². The molecule has 10 nitrogen and oxygen atoms in total. The van der Waals surface area contributed by atoms with Gasteiger partial charge in [-0.25, -0.2) is 4.79 Å². The lowest BCUT2D eigenvalue weighted by Gasteiger charge is -2.21. The highest BCUT2D eigenvalue weighted by Crippen LogP contribution is 2.13. The highest BCUT2D eigenvalue weighted by Gasteiger charge is 2.22. The van der Waals surface area contributed by atoms with Crippen molar-refractivity contribution < 1.29 is 24.2 Å². The van der Waals surface area contributed by atoms with Crippen LogP contribution in [0.5, 0.6) is 5.75 Å². The van der Waals surface area contributed by atoms with Crippen molar-refractivity contribution in [2.45, 2.75) is 57.8 Å². The third-order valence-corrected chi connectivity index (χ3v) is 7.73. The van der Waals surface area contributed by atoms with Crippen LogP contribution in [-0.2, 0) is 40.3 Å². The number of benzene rings is 4. The highest BCUT2D eigenvalue weighted by atomic mass is 16.5. The van der Waals surface area contributed by atoms with Crippen LogP contribution in [0.1, 0.15) is 47.6 Å². The van der Waals surface area contributed by atoms with E-state index in [4.69, 9.17) is 10.1 Å². The first-order chi connectivity index (χ1) is 23.3. The van der Waals surface area contributed by atoms with E-state index < -0.39 is 18.2 Å². The minimum Gasteiger partial charge on any atom is -0.508 e. The Morgan fingerprint density at radius 2 is 1.44 bits per heavy atom. The fourth-order valence-corrected chi connectivity index (χ4v) is 5.01. The SMILES string of the molecule is C[C@H](NC(=O)[C@@H](CCc1ccccc1)NCCCc1cccc(O)c1)C(=O)NCc1ccc(C(=N)NC(=O)OCc2ccccc2)cc1. The summed E-state index contributed by atoms with van der Waals surface area (Å²) in [6.45, 7) is 2.57. The Kier molecular flexibility index (Phi) is 13.7. The van der Waals surface area contributed by atoms with Gasteiger partial charge in [0.25, 0.3) is 0 Å². The van der Waals surface area contributed by atoms with Gasteiger partial charge in [-0.3, -0.25) is 20.3 Å². The molecule has 0 aliphatic rings. The molecule has 0 radical (unpaired) electrons. The predicted molar refractivity (Wildman–Crippen MR) is 185 cm³/mol. The quantitative estimate of drug-likeness (QED) is 0.0572. The molecule has 0 aliphatic heterocycles. The van der Waals surface area contributed by atoms with Gasteiger partial charge in [-0.15, -0.1) is 0 Å². The number of hydrogen-bond donors (Lipinski definition) is 6. The van der Waals surface area contributed by atoms with Gasteiger partial charge in [0.05, 0.1) is 6.04 Å². The first kappa shape index (κ1) is 35.4. The second-order valence-electron chi connectivity index (χ2n) is 11.5. The van der Waals surface area contributed by atoms with Crippen molar-refractivity contribution in [1.82, 2.24) is 21.3 Å². The Balaban J connectivity index is 1.22. The molecule has 0 unspecified atom stereocenters. The van der Waals surface area contributed by atoms with Crippen LogP contribution in [0.15, 0.2) is 109 Å². The number of hydrogen-bond acceptors (Lipinski definition) is 7. The lowest BCUT2D eigenvalue weighted by molar-refractivity contribution is -0.129. The van der Waals surface area contributed by atoms with Crippen LogP contribution in [-0.4, -0.2) is 47.5 Å². The van der Waals surface area contributed by atoms with E-state index in [1.807, 2.05) is 72.8 Å². The van der Waals surface area contributed by atoms with E-state index in [9.17, 15) is 19.5 Å². The third-order valence-electron chi connectivity index (χ3n) is 7.73. The number of alkyl carbamates (subject to hydrolysis) is 1. The van der Waals surface area contributed by atoms with E-state index in [0.717, 1.165) is 35.1 Å². The van der Waals surface area contributed by atoms with Gasteiger partial charge >= 0.3 is 6.09 Å². The van der Waals surface area contributed by atoms with Gasteiger partial charge in [-0.1, -0.05) is 97.1 Å². The zero-order chi connectivity index (χ0) is 34.1. The minimum atomic E-state index is -0.760. The Hall–Kier alpha value is -5.48. The molecular weight excluding hydrogens is 606 g/mol. The lowest BCUT2D eigenvalue weighted by Crippen LogP contribution is -2.51. The number of phenolic OH excluding ortho intramolecular Hbond substituents is 1. The zero-order valence-electron chi connectivity index (χ0n) is 27.1. The Labute approximate surface area is 281 Å². The highest BCUT2D eigenvalue weighted by molar-refractivity contribution is 6.04. The molecule has 0 saturated carbocycles. The first-order valence-electron chi connectivity index (χ1n) is 16.1. The third kappa shape index (κ3) is 12.0. The van der Waals surface area contributed by atoms with E-state index in [1.54, 1.807) is 43.3 Å². The summed E-state index contributed by atoms with van der Waals surface area (Å²) < 4.78 is 5.17. The van der Waals surface area contributed by atoms with Crippen molar-refractivity contribution in [2.24, 2.45) is 0 Å². The second kappa shape index (κ2) is 18.6. The average Bonchev–Trinajstić information content (AvgIpc) is 3.10. The van der Waals surface area contributed by atoms with E-state index in [-0.39, 0.29) is 36.6 Å². The number of aromatic hydroxyl groups is 1. The van der Waals surface area contributed by atoms with Gasteiger partial charge in [0.15, 0.2) is 0 Å². The fourth-order valence-electron chi connectivity index (χ4n) is 5.01. The molecule has 48 heavy (non-hydrogen) atoms. The number of carbonyl (C=O) groups excluding carboxylic acids is 3. The number of aryl methyl sites for hydroxylation is 2. The van der Waals surface area contributed by atoms with Crippen LogP contribution in [0.3, 0.4) is 0 Å². The molecule has 4 aromatic carbocycles. The largest absolute Gasteiger partial charge is 0.508 e. The number of ether oxygens (including phenoxy) is 1. The number of carbonyl (C=O) groups is 3. The van der Waals surface area contributed by atoms with Gasteiger partial charge in [0, 0.05) is 12.1 Å². The molecular formula is C38H43N5O5. The zero-order valence-corrected chi connectivity index (χ0v) is 27.1. The monoisotopic (exact) mass is 649 g/mol. The van der Waals surface area contributed by atoms with Crippen molar-refractivity contribution in [3.8, 4) is 5.75 Å². The van der Waals surface area contributed by atoms with Crippen molar-refractivity contribution in [1.29, 1.82) is 5.41 Å². The van der Waals surface area contributed by atoms with Gasteiger partial charge < -0.3 is 25.8 Å². The molecule has 0 aliphatic carbocycles. The number of amides is 3. The molecule has 0 spiro atoms. The molecule has 250 valence electrons. The maximum Gasteiger partial charge on any atom is 0.413 e. The minimum absolute atomic E-state index is 0.101. The molecule has 0 heterocycles. The van der Waals surface area contributed by atoms with Gasteiger partial charge in [-0.2, -0.15) is 0 Å². The Bertz CT molecular complexity index is 1630. The summed E-state index contributed by atoms with van der Waals surface area (Å²) in [5, 5.41) is 29.4. The van der Waals surface area contributed by atoms with Crippen molar-refractivity contribution in [2.75, 3.05) is 6.54 Å². The topological polar surface area (TPSA) is 153 Å². The number of amidine groups is 1.